The predicted octanol–water partition coefficient (Wildman–Crippen LogP) is 3.94. The number of hydrogen-bond donors (Lipinski definition) is 1. The molecule has 11 nitrogen and oxygen atoms in total. The number of aryl methyl sites for hydroxylation is 1. The minimum Gasteiger partial charge on any atom is -0.463 e. The van der Waals surface area contributed by atoms with E-state index in [0.717, 1.165) is 25.7 Å². The molecule has 39 heavy (non-hydrogen) atoms. The average Bonchev–Trinajstić information content (AvgIpc) is 3.56. The van der Waals surface area contributed by atoms with Crippen LogP contribution in [0.3, 0.4) is 0 Å². The summed E-state index contributed by atoms with van der Waals surface area (Å²) in [5.41, 5.74) is 0.853. The summed E-state index contributed by atoms with van der Waals surface area (Å²) < 4.78 is 31.9. The molecule has 2 aromatic rings. The Morgan fingerprint density at radius 2 is 1.95 bits per heavy atom. The highest BCUT2D eigenvalue weighted by Crippen LogP contribution is 2.50. The summed E-state index contributed by atoms with van der Waals surface area (Å²) in [5.74, 6) is -0.946. The van der Waals surface area contributed by atoms with Gasteiger partial charge in [-0.25, -0.2) is 4.98 Å². The second kappa shape index (κ2) is 13.3. The van der Waals surface area contributed by atoms with Crippen molar-refractivity contribution in [3.05, 3.63) is 12.4 Å². The van der Waals surface area contributed by atoms with Gasteiger partial charge >= 0.3 is 12.0 Å². The lowest BCUT2D eigenvalue weighted by atomic mass is 9.69. The summed E-state index contributed by atoms with van der Waals surface area (Å²) >= 11 is 0. The van der Waals surface area contributed by atoms with E-state index >= 15 is 0 Å². The quantitative estimate of drug-likeness (QED) is 0.225. The van der Waals surface area contributed by atoms with Gasteiger partial charge in [0.15, 0.2) is 23.1 Å². The first-order valence-corrected chi connectivity index (χ1v) is 13.9. The maximum Gasteiger partial charge on any atom is 0.312 e. The molecular formula is C27H38FN5O6. The largest absolute Gasteiger partial charge is 0.463 e. The van der Waals surface area contributed by atoms with Gasteiger partial charge in [0.25, 0.3) is 12.4 Å². The first-order chi connectivity index (χ1) is 18.9. The first kappa shape index (κ1) is 28.8. The molecule has 1 amide bonds. The lowest BCUT2D eigenvalue weighted by molar-refractivity contribution is -0.154. The lowest BCUT2D eigenvalue weighted by Crippen LogP contribution is -2.31. The molecule has 2 aromatic heterocycles. The fraction of sp³-hybridized carbons (Fsp3) is 0.704. The number of halogens is 1. The van der Waals surface area contributed by atoms with Crippen molar-refractivity contribution in [3.63, 3.8) is 0 Å². The van der Waals surface area contributed by atoms with Crippen LogP contribution in [0.25, 0.3) is 11.2 Å². The molecule has 0 saturated heterocycles. The van der Waals surface area contributed by atoms with Crippen molar-refractivity contribution in [2.24, 2.45) is 11.3 Å². The van der Waals surface area contributed by atoms with Gasteiger partial charge in [-0.15, -0.1) is 0 Å². The number of carbonyl (C=O) groups excluding carboxylic acids is 3. The Morgan fingerprint density at radius 3 is 2.62 bits per heavy atom. The summed E-state index contributed by atoms with van der Waals surface area (Å²) in [5, 5.41) is 2.49. The number of rotatable bonds is 13. The summed E-state index contributed by atoms with van der Waals surface area (Å²) in [7, 11) is 1.55. The van der Waals surface area contributed by atoms with Gasteiger partial charge < -0.3 is 24.1 Å². The predicted molar refractivity (Wildman–Crippen MR) is 139 cm³/mol. The number of amides is 1. The molecule has 2 heterocycles. The maximum absolute atomic E-state index is 14.3. The van der Waals surface area contributed by atoms with Crippen LogP contribution in [0.15, 0.2) is 6.33 Å². The molecule has 1 N–H and O–H groups in total. The molecule has 2 unspecified atom stereocenters. The van der Waals surface area contributed by atoms with E-state index in [0.29, 0.717) is 31.2 Å². The zero-order chi connectivity index (χ0) is 27.8. The SMILES string of the molecule is CCCC(OC=O)C(=O)Nc1nc(F)nc2c1ncn2CCC(COC(=O)C1CCC2(CCCC2)CC1)OC. The van der Waals surface area contributed by atoms with Crippen LogP contribution in [0.1, 0.15) is 77.6 Å². The molecule has 2 saturated carbocycles. The van der Waals surface area contributed by atoms with Crippen molar-refractivity contribution in [1.29, 1.82) is 0 Å². The van der Waals surface area contributed by atoms with Crippen molar-refractivity contribution in [2.75, 3.05) is 19.0 Å². The molecule has 1 spiro atoms. The molecule has 2 aliphatic rings. The monoisotopic (exact) mass is 547 g/mol. The molecule has 2 aliphatic carbocycles. The van der Waals surface area contributed by atoms with E-state index in [4.69, 9.17) is 14.2 Å². The number of fused-ring (bicyclic) bond motifs is 1. The van der Waals surface area contributed by atoms with E-state index in [1.54, 1.807) is 11.7 Å². The van der Waals surface area contributed by atoms with Crippen molar-refractivity contribution >= 4 is 35.3 Å². The Bertz CT molecular complexity index is 1140. The number of methoxy groups -OCH3 is 1. The Morgan fingerprint density at radius 1 is 1.21 bits per heavy atom. The van der Waals surface area contributed by atoms with Gasteiger partial charge in [-0.1, -0.05) is 26.2 Å². The minimum absolute atomic E-state index is 0.0477. The topological polar surface area (TPSA) is 135 Å². The third-order valence-electron chi connectivity index (χ3n) is 8.22. The number of anilines is 1. The summed E-state index contributed by atoms with van der Waals surface area (Å²) in [6.45, 7) is 2.53. The molecule has 214 valence electrons. The standard InChI is InChI=1S/C27H38FN5O6/c1-3-6-20(39-17-34)24(35)30-22-21-23(32-26(28)31-22)33(16-29-21)14-9-19(37-2)15-38-25(36)18-7-12-27(13-8-18)10-4-5-11-27/h16-20H,3-15H2,1-2H3,(H,30,31,32,35). The Hall–Kier alpha value is -3.15. The fourth-order valence-corrected chi connectivity index (χ4v) is 5.89. The zero-order valence-electron chi connectivity index (χ0n) is 22.7. The van der Waals surface area contributed by atoms with Crippen molar-refractivity contribution in [2.45, 2.75) is 96.3 Å². The van der Waals surface area contributed by atoms with E-state index in [-0.39, 0.29) is 48.1 Å². The molecular weight excluding hydrogens is 509 g/mol. The minimum atomic E-state index is -1.04. The highest BCUT2D eigenvalue weighted by molar-refractivity contribution is 5.99. The fourth-order valence-electron chi connectivity index (χ4n) is 5.89. The molecule has 2 fully saturated rings. The molecule has 0 radical (unpaired) electrons. The van der Waals surface area contributed by atoms with Gasteiger partial charge in [0.05, 0.1) is 18.3 Å². The highest BCUT2D eigenvalue weighted by atomic mass is 19.1. The molecule has 0 bridgehead atoms. The number of hydrogen-bond acceptors (Lipinski definition) is 9. The lowest BCUT2D eigenvalue weighted by Gasteiger charge is -2.36. The molecule has 0 aliphatic heterocycles. The van der Waals surface area contributed by atoms with Gasteiger partial charge in [-0.05, 0) is 56.8 Å². The summed E-state index contributed by atoms with van der Waals surface area (Å²) in [6, 6.07) is 0. The van der Waals surface area contributed by atoms with E-state index in [1.165, 1.54) is 32.0 Å². The maximum atomic E-state index is 14.3. The van der Waals surface area contributed by atoms with E-state index < -0.39 is 18.1 Å². The van der Waals surface area contributed by atoms with Crippen molar-refractivity contribution < 1.29 is 33.0 Å². The van der Waals surface area contributed by atoms with E-state index in [2.05, 4.69) is 20.3 Å². The van der Waals surface area contributed by atoms with Gasteiger partial charge in [0.2, 0.25) is 0 Å². The summed E-state index contributed by atoms with van der Waals surface area (Å²) in [6.07, 6.45) is 9.62. The number of ether oxygens (including phenoxy) is 3. The van der Waals surface area contributed by atoms with Crippen LogP contribution in [0.4, 0.5) is 10.2 Å². The number of esters is 1. The molecule has 2 atom stereocenters. The van der Waals surface area contributed by atoms with E-state index in [9.17, 15) is 18.8 Å². The molecule has 12 heteroatoms. The number of nitrogens with one attached hydrogen (secondary N) is 1. The van der Waals surface area contributed by atoms with Crippen LogP contribution in [0.2, 0.25) is 0 Å². The van der Waals surface area contributed by atoms with Gasteiger partial charge in [-0.2, -0.15) is 14.4 Å². The smallest absolute Gasteiger partial charge is 0.312 e. The van der Waals surface area contributed by atoms with Gasteiger partial charge in [-0.3, -0.25) is 14.4 Å². The average molecular weight is 548 g/mol. The Kier molecular flexibility index (Phi) is 9.82. The highest BCUT2D eigenvalue weighted by Gasteiger charge is 2.39. The zero-order valence-corrected chi connectivity index (χ0v) is 22.7. The van der Waals surface area contributed by atoms with Crippen LogP contribution < -0.4 is 5.32 Å². The van der Waals surface area contributed by atoms with Crippen molar-refractivity contribution in [3.8, 4) is 0 Å². The Labute approximate surface area is 227 Å². The van der Waals surface area contributed by atoms with E-state index in [1.807, 2.05) is 6.92 Å². The van der Waals surface area contributed by atoms with Crippen molar-refractivity contribution in [1.82, 2.24) is 19.5 Å². The van der Waals surface area contributed by atoms with Gasteiger partial charge in [0.1, 0.15) is 6.61 Å². The molecule has 4 rings (SSSR count). The number of aromatic nitrogens is 4. The van der Waals surface area contributed by atoms with Crippen LogP contribution in [0.5, 0.6) is 0 Å². The normalized spacial score (nSPS) is 18.6. The second-order valence-corrected chi connectivity index (χ2v) is 10.7. The number of carbonyl (C=O) groups is 3. The Balaban J connectivity index is 1.32. The summed E-state index contributed by atoms with van der Waals surface area (Å²) in [4.78, 5) is 47.8. The first-order valence-electron chi connectivity index (χ1n) is 13.9. The van der Waals surface area contributed by atoms with Crippen LogP contribution in [0, 0.1) is 17.4 Å². The second-order valence-electron chi connectivity index (χ2n) is 10.7. The third-order valence-corrected chi connectivity index (χ3v) is 8.22. The third kappa shape index (κ3) is 7.09. The van der Waals surface area contributed by atoms with Crippen LogP contribution in [-0.2, 0) is 35.1 Å². The number of nitrogens with zero attached hydrogens (tertiary/aromatic N) is 4. The van der Waals surface area contributed by atoms with Crippen LogP contribution in [-0.4, -0.2) is 63.8 Å². The number of imidazole rings is 1. The van der Waals surface area contributed by atoms with Gasteiger partial charge in [0, 0.05) is 13.7 Å². The molecule has 0 aromatic carbocycles. The van der Waals surface area contributed by atoms with Crippen LogP contribution >= 0.6 is 0 Å².